The van der Waals surface area contributed by atoms with E-state index in [9.17, 15) is 0 Å². The molecule has 0 aromatic carbocycles. The van der Waals surface area contributed by atoms with Crippen LogP contribution in [0, 0.1) is 5.98 Å². The highest BCUT2D eigenvalue weighted by molar-refractivity contribution is 6.85. The minimum Gasteiger partial charge on any atom is -0.469 e. The van der Waals surface area contributed by atoms with Crippen LogP contribution < -0.4 is 0 Å². The second-order valence-corrected chi connectivity index (χ2v) is 11.0. The van der Waals surface area contributed by atoms with E-state index in [-0.39, 0.29) is 6.92 Å². The Bertz CT molecular complexity index is 248. The van der Waals surface area contributed by atoms with E-state index in [1.54, 1.807) is 0 Å². The Morgan fingerprint density at radius 3 is 1.81 bits per heavy atom. The second kappa shape index (κ2) is 5.37. The number of rotatable bonds is 5. The number of hydrogen-bond donors (Lipinski definition) is 0. The molecule has 0 saturated heterocycles. The number of allylic oxidation sites excluding steroid dienone is 2. The van der Waals surface area contributed by atoms with E-state index in [4.69, 9.17) is 4.34 Å². The van der Waals surface area contributed by atoms with E-state index < -0.39 is 8.32 Å². The van der Waals surface area contributed by atoms with Gasteiger partial charge in [-0.1, -0.05) is 59.7 Å². The van der Waals surface area contributed by atoms with Crippen LogP contribution in [0.25, 0.3) is 0 Å². The first kappa shape index (κ1) is 13.8. The molecule has 0 fully saturated rings. The Labute approximate surface area is 102 Å². The Kier molecular flexibility index (Phi) is 4.63. The minimum atomic E-state index is -1.73. The zero-order valence-electron chi connectivity index (χ0n) is 11.4. The Morgan fingerprint density at radius 2 is 1.50 bits per heavy atom. The number of hydrogen-bond acceptors (Lipinski definition) is 1. The van der Waals surface area contributed by atoms with Crippen molar-refractivity contribution in [3.63, 3.8) is 0 Å². The maximum atomic E-state index is 6.49. The Morgan fingerprint density at radius 1 is 1.00 bits per heavy atom. The standard InChI is InChI=1S/C13H24BOSi/c1-11(2)16(12(3)4,13(5)6)15-14-9-7-8-10-14/h7-9,11-13H,1-6H3. The maximum absolute atomic E-state index is 6.49. The Balaban J connectivity index is 2.92. The first-order chi connectivity index (χ1) is 7.41. The van der Waals surface area contributed by atoms with E-state index in [1.807, 2.05) is 12.2 Å². The summed E-state index contributed by atoms with van der Waals surface area (Å²) in [6.45, 7) is 14.0. The molecule has 0 N–H and O–H groups in total. The summed E-state index contributed by atoms with van der Waals surface area (Å²) in [4.78, 5) is 0. The summed E-state index contributed by atoms with van der Waals surface area (Å²) in [6, 6.07) is 0. The predicted molar refractivity (Wildman–Crippen MR) is 74.8 cm³/mol. The monoisotopic (exact) mass is 235 g/mol. The topological polar surface area (TPSA) is 9.23 Å². The molecule has 3 heteroatoms. The van der Waals surface area contributed by atoms with Crippen LogP contribution in [0.2, 0.25) is 16.6 Å². The molecule has 1 radical (unpaired) electrons. The van der Waals surface area contributed by atoms with Gasteiger partial charge in [0.1, 0.15) is 0 Å². The van der Waals surface area contributed by atoms with Gasteiger partial charge in [-0.2, -0.15) is 0 Å². The molecule has 1 rings (SSSR count). The van der Waals surface area contributed by atoms with E-state index >= 15 is 0 Å². The summed E-state index contributed by atoms with van der Waals surface area (Å²) in [5, 5.41) is 0. The third-order valence-corrected chi connectivity index (χ3v) is 9.76. The van der Waals surface area contributed by atoms with Crippen molar-refractivity contribution >= 4 is 15.2 Å². The highest BCUT2D eigenvalue weighted by Gasteiger charge is 2.46. The fraction of sp³-hybridized carbons (Fsp3) is 0.692. The first-order valence-corrected chi connectivity index (χ1v) is 8.49. The van der Waals surface area contributed by atoms with E-state index in [1.165, 1.54) is 0 Å². The molecular weight excluding hydrogens is 211 g/mol. The summed E-state index contributed by atoms with van der Waals surface area (Å²) < 4.78 is 6.49. The highest BCUT2D eigenvalue weighted by Crippen LogP contribution is 2.42. The van der Waals surface area contributed by atoms with Gasteiger partial charge in [-0.15, -0.1) is 0 Å². The highest BCUT2D eigenvalue weighted by atomic mass is 28.4. The fourth-order valence-electron chi connectivity index (χ4n) is 3.06. The van der Waals surface area contributed by atoms with Crippen molar-refractivity contribution < 1.29 is 4.34 Å². The van der Waals surface area contributed by atoms with Gasteiger partial charge in [-0.25, -0.2) is 0 Å². The summed E-state index contributed by atoms with van der Waals surface area (Å²) in [6.07, 6.45) is 4.00. The zero-order chi connectivity index (χ0) is 12.3. The van der Waals surface area contributed by atoms with Crippen LogP contribution in [0.5, 0.6) is 0 Å². The first-order valence-electron chi connectivity index (χ1n) is 6.35. The van der Waals surface area contributed by atoms with Crippen molar-refractivity contribution in [1.82, 2.24) is 0 Å². The molecule has 16 heavy (non-hydrogen) atoms. The van der Waals surface area contributed by atoms with Crippen LogP contribution in [-0.4, -0.2) is 15.2 Å². The average Bonchev–Trinajstić information content (AvgIpc) is 2.64. The Hall–Kier alpha value is -0.278. The summed E-state index contributed by atoms with van der Waals surface area (Å²) in [5.41, 5.74) is 1.93. The lowest BCUT2D eigenvalue weighted by Crippen LogP contribution is -2.50. The van der Waals surface area contributed by atoms with Crippen molar-refractivity contribution in [3.05, 3.63) is 24.1 Å². The molecule has 1 aliphatic rings. The summed E-state index contributed by atoms with van der Waals surface area (Å²) in [5.74, 6) is 5.36. The second-order valence-electron chi connectivity index (χ2n) is 5.57. The average molecular weight is 235 g/mol. The molecule has 0 aromatic heterocycles. The third kappa shape index (κ3) is 2.51. The van der Waals surface area contributed by atoms with Crippen molar-refractivity contribution in [2.24, 2.45) is 0 Å². The zero-order valence-corrected chi connectivity index (χ0v) is 12.4. The maximum Gasteiger partial charge on any atom is 0.343 e. The quantitative estimate of drug-likeness (QED) is 0.649. The van der Waals surface area contributed by atoms with E-state index in [0.29, 0.717) is 16.6 Å². The fourth-order valence-corrected chi connectivity index (χ4v) is 8.47. The molecule has 1 heterocycles. The van der Waals surface area contributed by atoms with Crippen LogP contribution in [-0.2, 0) is 4.34 Å². The SMILES string of the molecule is CC(C)[Si](OB1[C]=CC=C1)(C(C)C)C(C)C. The van der Waals surface area contributed by atoms with Crippen LogP contribution in [0.1, 0.15) is 41.5 Å². The molecule has 0 unspecified atom stereocenters. The largest absolute Gasteiger partial charge is 0.469 e. The smallest absolute Gasteiger partial charge is 0.343 e. The lowest BCUT2D eigenvalue weighted by molar-refractivity contribution is 0.500. The normalized spacial score (nSPS) is 16.2. The van der Waals surface area contributed by atoms with Crippen LogP contribution in [0.15, 0.2) is 18.1 Å². The van der Waals surface area contributed by atoms with Crippen molar-refractivity contribution in [2.45, 2.75) is 58.2 Å². The van der Waals surface area contributed by atoms with Crippen LogP contribution in [0.4, 0.5) is 0 Å². The van der Waals surface area contributed by atoms with Gasteiger partial charge >= 0.3 is 6.92 Å². The third-order valence-electron chi connectivity index (χ3n) is 3.68. The van der Waals surface area contributed by atoms with Gasteiger partial charge in [0.15, 0.2) is 8.32 Å². The van der Waals surface area contributed by atoms with Crippen LogP contribution >= 0.6 is 0 Å². The molecule has 1 nitrogen and oxygen atoms in total. The lowest BCUT2D eigenvalue weighted by Gasteiger charge is -2.43. The van der Waals surface area contributed by atoms with Gasteiger partial charge < -0.3 is 4.34 Å². The van der Waals surface area contributed by atoms with E-state index in [2.05, 4.69) is 53.5 Å². The molecule has 0 spiro atoms. The minimum absolute atomic E-state index is 0.0962. The van der Waals surface area contributed by atoms with Gasteiger partial charge in [-0.3, -0.25) is 0 Å². The summed E-state index contributed by atoms with van der Waals surface area (Å²) >= 11 is 0. The molecule has 0 aromatic rings. The van der Waals surface area contributed by atoms with E-state index in [0.717, 1.165) is 0 Å². The van der Waals surface area contributed by atoms with Gasteiger partial charge in [0, 0.05) is 0 Å². The van der Waals surface area contributed by atoms with Crippen molar-refractivity contribution in [3.8, 4) is 0 Å². The van der Waals surface area contributed by atoms with Crippen molar-refractivity contribution in [1.29, 1.82) is 0 Å². The molecule has 0 saturated carbocycles. The molecule has 89 valence electrons. The molecule has 0 bridgehead atoms. The summed E-state index contributed by atoms with van der Waals surface area (Å²) in [7, 11) is -1.73. The molecule has 0 atom stereocenters. The van der Waals surface area contributed by atoms with Gasteiger partial charge in [0.05, 0.1) is 0 Å². The van der Waals surface area contributed by atoms with Gasteiger partial charge in [-0.05, 0) is 22.6 Å². The van der Waals surface area contributed by atoms with Crippen LogP contribution in [0.3, 0.4) is 0 Å². The molecular formula is C13H24BOSi. The van der Waals surface area contributed by atoms with Gasteiger partial charge in [0.25, 0.3) is 0 Å². The van der Waals surface area contributed by atoms with Crippen molar-refractivity contribution in [2.75, 3.05) is 0 Å². The predicted octanol–water partition coefficient (Wildman–Crippen LogP) is 4.18. The molecule has 0 aliphatic carbocycles. The molecule has 1 aliphatic heterocycles. The van der Waals surface area contributed by atoms with Gasteiger partial charge in [0.2, 0.25) is 0 Å². The molecule has 0 amide bonds. The lowest BCUT2D eigenvalue weighted by atomic mass is 9.72.